The van der Waals surface area contributed by atoms with Crippen LogP contribution in [0.15, 0.2) is 30.5 Å². The fraction of sp³-hybridized carbons (Fsp3) is 0.250. The minimum Gasteiger partial charge on any atom is -0.363 e. The molecule has 0 spiro atoms. The maximum absolute atomic E-state index is 10.7. The van der Waals surface area contributed by atoms with E-state index in [9.17, 15) is 10.1 Å². The number of anilines is 1. The number of nitro groups is 1. The Balaban J connectivity index is 1.83. The van der Waals surface area contributed by atoms with E-state index in [2.05, 4.69) is 27.4 Å². The number of fused-ring (bicyclic) bond motifs is 1. The largest absolute Gasteiger partial charge is 0.363 e. The van der Waals surface area contributed by atoms with Crippen LogP contribution in [-0.2, 0) is 13.6 Å². The first-order valence-electron chi connectivity index (χ1n) is 7.22. The number of nitrogens with zero attached hydrogens (tertiary/aromatic N) is 4. The van der Waals surface area contributed by atoms with Gasteiger partial charge in [-0.25, -0.2) is 9.97 Å². The quantitative estimate of drug-likeness (QED) is 0.591. The first-order chi connectivity index (χ1) is 11.0. The molecule has 0 fully saturated rings. The molecule has 0 saturated heterocycles. The number of hydrogen-bond acceptors (Lipinski definition) is 5. The minimum atomic E-state index is -0.447. The van der Waals surface area contributed by atoms with Crippen molar-refractivity contribution in [3.05, 3.63) is 57.5 Å². The Bertz CT molecular complexity index is 901. The summed E-state index contributed by atoms with van der Waals surface area (Å²) in [5.41, 5.74) is 3.92. The third-order valence-corrected chi connectivity index (χ3v) is 3.82. The van der Waals surface area contributed by atoms with Gasteiger partial charge in [-0.05, 0) is 37.1 Å². The van der Waals surface area contributed by atoms with Crippen molar-refractivity contribution in [3.8, 4) is 0 Å². The molecule has 0 saturated carbocycles. The maximum Gasteiger partial charge on any atom is 0.287 e. The summed E-state index contributed by atoms with van der Waals surface area (Å²) in [5, 5.41) is 13.9. The zero-order chi connectivity index (χ0) is 16.6. The topological polar surface area (TPSA) is 85.9 Å². The first kappa shape index (κ1) is 15.0. The third kappa shape index (κ3) is 2.85. The molecular formula is C16H17N5O2. The number of pyridine rings is 1. The number of nitrogens with one attached hydrogen (secondary N) is 1. The molecule has 7 heteroatoms. The lowest BCUT2D eigenvalue weighted by atomic mass is 10.2. The molecule has 118 valence electrons. The molecule has 3 rings (SSSR count). The van der Waals surface area contributed by atoms with Gasteiger partial charge in [0.25, 0.3) is 5.69 Å². The van der Waals surface area contributed by atoms with Crippen molar-refractivity contribution >= 4 is 22.5 Å². The Morgan fingerprint density at radius 1 is 1.30 bits per heavy atom. The van der Waals surface area contributed by atoms with E-state index in [1.54, 1.807) is 6.92 Å². The predicted molar refractivity (Wildman–Crippen MR) is 88.4 cm³/mol. The van der Waals surface area contributed by atoms with Crippen molar-refractivity contribution in [1.82, 2.24) is 14.5 Å². The van der Waals surface area contributed by atoms with Crippen LogP contribution in [0.1, 0.15) is 17.0 Å². The molecule has 0 aliphatic rings. The Morgan fingerprint density at radius 2 is 2.09 bits per heavy atom. The lowest BCUT2D eigenvalue weighted by Gasteiger charge is -2.08. The van der Waals surface area contributed by atoms with E-state index in [0.717, 1.165) is 22.4 Å². The Hall–Kier alpha value is -2.96. The summed E-state index contributed by atoms with van der Waals surface area (Å²) in [7, 11) is 1.97. The molecule has 0 atom stereocenters. The molecule has 0 radical (unpaired) electrons. The van der Waals surface area contributed by atoms with Crippen molar-refractivity contribution in [2.24, 2.45) is 7.05 Å². The van der Waals surface area contributed by atoms with Gasteiger partial charge in [0, 0.05) is 13.1 Å². The Kier molecular flexibility index (Phi) is 3.69. The number of benzene rings is 1. The summed E-state index contributed by atoms with van der Waals surface area (Å²) in [5.74, 6) is 1.50. The minimum absolute atomic E-state index is 0.00810. The molecule has 7 nitrogen and oxygen atoms in total. The van der Waals surface area contributed by atoms with E-state index in [0.29, 0.717) is 12.4 Å². The van der Waals surface area contributed by atoms with Crippen LogP contribution in [0.3, 0.4) is 0 Å². The molecule has 1 N–H and O–H groups in total. The van der Waals surface area contributed by atoms with Crippen LogP contribution in [0.25, 0.3) is 11.0 Å². The van der Waals surface area contributed by atoms with Crippen LogP contribution in [0.4, 0.5) is 11.5 Å². The van der Waals surface area contributed by atoms with Gasteiger partial charge >= 0.3 is 0 Å². The van der Waals surface area contributed by atoms with Gasteiger partial charge in [-0.1, -0.05) is 6.07 Å². The van der Waals surface area contributed by atoms with Gasteiger partial charge < -0.3 is 9.88 Å². The lowest BCUT2D eigenvalue weighted by Crippen LogP contribution is -2.08. The number of rotatable bonds is 4. The highest BCUT2D eigenvalue weighted by molar-refractivity contribution is 5.76. The lowest BCUT2D eigenvalue weighted by molar-refractivity contribution is -0.385. The van der Waals surface area contributed by atoms with Crippen LogP contribution in [0.2, 0.25) is 0 Å². The second-order valence-corrected chi connectivity index (χ2v) is 5.55. The van der Waals surface area contributed by atoms with Gasteiger partial charge in [0.2, 0.25) is 0 Å². The van der Waals surface area contributed by atoms with Crippen molar-refractivity contribution in [2.45, 2.75) is 20.4 Å². The molecule has 0 amide bonds. The van der Waals surface area contributed by atoms with E-state index >= 15 is 0 Å². The second kappa shape index (κ2) is 5.68. The summed E-state index contributed by atoms with van der Waals surface area (Å²) in [6.07, 6.45) is 1.26. The highest BCUT2D eigenvalue weighted by Gasteiger charge is 2.11. The smallest absolute Gasteiger partial charge is 0.287 e. The third-order valence-electron chi connectivity index (χ3n) is 3.82. The molecule has 0 aliphatic carbocycles. The van der Waals surface area contributed by atoms with Crippen LogP contribution in [0, 0.1) is 24.0 Å². The highest BCUT2D eigenvalue weighted by Crippen LogP contribution is 2.20. The van der Waals surface area contributed by atoms with E-state index in [1.807, 2.05) is 24.6 Å². The van der Waals surface area contributed by atoms with Gasteiger partial charge in [0.1, 0.15) is 17.8 Å². The van der Waals surface area contributed by atoms with E-state index in [1.165, 1.54) is 17.8 Å². The van der Waals surface area contributed by atoms with E-state index in [4.69, 9.17) is 0 Å². The fourth-order valence-corrected chi connectivity index (χ4v) is 2.53. The molecule has 2 aromatic heterocycles. The van der Waals surface area contributed by atoms with Crippen molar-refractivity contribution < 1.29 is 4.92 Å². The molecule has 1 aromatic carbocycles. The van der Waals surface area contributed by atoms with E-state index < -0.39 is 4.92 Å². The number of imidazole rings is 1. The van der Waals surface area contributed by atoms with Crippen LogP contribution in [0.5, 0.6) is 0 Å². The average molecular weight is 311 g/mol. The summed E-state index contributed by atoms with van der Waals surface area (Å²) in [6.45, 7) is 4.33. The number of aromatic nitrogens is 3. The van der Waals surface area contributed by atoms with Gasteiger partial charge in [-0.15, -0.1) is 0 Å². The summed E-state index contributed by atoms with van der Waals surface area (Å²) in [4.78, 5) is 19.1. The Morgan fingerprint density at radius 3 is 2.78 bits per heavy atom. The van der Waals surface area contributed by atoms with Gasteiger partial charge in [0.15, 0.2) is 0 Å². The molecule has 0 unspecified atom stereocenters. The molecule has 0 aliphatic heterocycles. The number of aryl methyl sites for hydroxylation is 3. The Labute approximate surface area is 133 Å². The van der Waals surface area contributed by atoms with E-state index in [-0.39, 0.29) is 5.69 Å². The maximum atomic E-state index is 10.7. The fourth-order valence-electron chi connectivity index (χ4n) is 2.53. The average Bonchev–Trinajstić information content (AvgIpc) is 2.81. The predicted octanol–water partition coefficient (Wildman–Crippen LogP) is 3.11. The zero-order valence-electron chi connectivity index (χ0n) is 13.2. The van der Waals surface area contributed by atoms with Crippen LogP contribution < -0.4 is 5.32 Å². The van der Waals surface area contributed by atoms with Crippen molar-refractivity contribution in [3.63, 3.8) is 0 Å². The van der Waals surface area contributed by atoms with Crippen LogP contribution in [-0.4, -0.2) is 19.5 Å². The standard InChI is InChI=1S/C16H17N5O2/c1-10-4-5-14-13(6-10)19-15(20(14)3)9-18-16-11(2)7-12(8-17-16)21(22)23/h4-8H,9H2,1-3H3,(H,17,18). The van der Waals surface area contributed by atoms with Crippen LogP contribution >= 0.6 is 0 Å². The summed E-state index contributed by atoms with van der Waals surface area (Å²) in [6, 6.07) is 7.67. The number of hydrogen-bond donors (Lipinski definition) is 1. The molecule has 2 heterocycles. The summed E-state index contributed by atoms with van der Waals surface area (Å²) >= 11 is 0. The van der Waals surface area contributed by atoms with Gasteiger partial charge in [-0.3, -0.25) is 10.1 Å². The SMILES string of the molecule is Cc1ccc2c(c1)nc(CNc1ncc([N+](=O)[O-])cc1C)n2C. The molecule has 23 heavy (non-hydrogen) atoms. The summed E-state index contributed by atoms with van der Waals surface area (Å²) < 4.78 is 2.03. The monoisotopic (exact) mass is 311 g/mol. The zero-order valence-corrected chi connectivity index (χ0v) is 13.2. The van der Waals surface area contributed by atoms with Gasteiger partial charge in [-0.2, -0.15) is 0 Å². The van der Waals surface area contributed by atoms with Crippen molar-refractivity contribution in [1.29, 1.82) is 0 Å². The van der Waals surface area contributed by atoms with Crippen molar-refractivity contribution in [2.75, 3.05) is 5.32 Å². The molecular weight excluding hydrogens is 294 g/mol. The normalized spacial score (nSPS) is 10.9. The van der Waals surface area contributed by atoms with Gasteiger partial charge in [0.05, 0.1) is 22.5 Å². The molecule has 0 bridgehead atoms. The first-order valence-corrected chi connectivity index (χ1v) is 7.22. The molecule has 3 aromatic rings. The highest BCUT2D eigenvalue weighted by atomic mass is 16.6. The second-order valence-electron chi connectivity index (χ2n) is 5.55.